The number of imidazole rings is 1. The molecule has 0 saturated heterocycles. The van der Waals surface area contributed by atoms with Gasteiger partial charge in [-0.3, -0.25) is 9.78 Å². The Morgan fingerprint density at radius 3 is 2.62 bits per heavy atom. The lowest BCUT2D eigenvalue weighted by Crippen LogP contribution is -2.15. The van der Waals surface area contributed by atoms with Crippen LogP contribution >= 0.6 is 11.8 Å². The zero-order chi connectivity index (χ0) is 17.1. The number of anilines is 1. The highest BCUT2D eigenvalue weighted by Gasteiger charge is 2.16. The summed E-state index contributed by atoms with van der Waals surface area (Å²) in [6.07, 6.45) is 4.78. The van der Waals surface area contributed by atoms with Gasteiger partial charge in [-0.25, -0.2) is 15.0 Å². The fourth-order valence-corrected chi connectivity index (χ4v) is 3.03. The van der Waals surface area contributed by atoms with E-state index in [1.165, 1.54) is 18.0 Å². The number of nitrogens with one attached hydrogen (secondary N) is 1. The number of carbonyl (C=O) groups is 1. The second-order valence-electron chi connectivity index (χ2n) is 5.22. The van der Waals surface area contributed by atoms with Gasteiger partial charge >= 0.3 is 0 Å². The highest BCUT2D eigenvalue weighted by molar-refractivity contribution is 7.99. The third-order valence-electron chi connectivity index (χ3n) is 3.24. The van der Waals surface area contributed by atoms with Crippen molar-refractivity contribution in [1.82, 2.24) is 24.5 Å². The minimum atomic E-state index is -0.244. The van der Waals surface area contributed by atoms with Crippen LogP contribution in [0.4, 0.5) is 5.69 Å². The van der Waals surface area contributed by atoms with Crippen molar-refractivity contribution in [1.29, 1.82) is 0 Å². The molecule has 3 aromatic rings. The van der Waals surface area contributed by atoms with Crippen molar-refractivity contribution in [2.24, 2.45) is 7.05 Å². The summed E-state index contributed by atoms with van der Waals surface area (Å²) >= 11 is 1.32. The maximum atomic E-state index is 12.4. The van der Waals surface area contributed by atoms with Crippen LogP contribution in [-0.2, 0) is 7.05 Å². The molecule has 0 unspecified atom stereocenters. The second kappa shape index (κ2) is 6.79. The van der Waals surface area contributed by atoms with E-state index in [-0.39, 0.29) is 5.91 Å². The summed E-state index contributed by atoms with van der Waals surface area (Å²) in [5, 5.41) is 4.05. The molecule has 8 heteroatoms. The molecule has 1 N–H and O–H groups in total. The molecule has 24 heavy (non-hydrogen) atoms. The van der Waals surface area contributed by atoms with Crippen LogP contribution in [0.1, 0.15) is 21.9 Å². The van der Waals surface area contributed by atoms with E-state index in [4.69, 9.17) is 0 Å². The number of pyridine rings is 1. The van der Waals surface area contributed by atoms with Crippen LogP contribution in [-0.4, -0.2) is 30.4 Å². The van der Waals surface area contributed by atoms with E-state index in [9.17, 15) is 4.79 Å². The van der Waals surface area contributed by atoms with Gasteiger partial charge in [0.25, 0.3) is 5.91 Å². The highest BCUT2D eigenvalue weighted by atomic mass is 32.2. The first kappa shape index (κ1) is 16.1. The molecule has 3 heterocycles. The Hall–Kier alpha value is -2.74. The van der Waals surface area contributed by atoms with Gasteiger partial charge in [0.2, 0.25) is 0 Å². The Kier molecular flexibility index (Phi) is 4.57. The smallest absolute Gasteiger partial charge is 0.274 e. The molecule has 0 aromatic carbocycles. The lowest BCUT2D eigenvalue weighted by molar-refractivity contribution is 0.101. The second-order valence-corrected chi connectivity index (χ2v) is 6.15. The topological polar surface area (TPSA) is 85.6 Å². The van der Waals surface area contributed by atoms with Crippen molar-refractivity contribution in [2.75, 3.05) is 5.32 Å². The Bertz CT molecular complexity index is 857. The van der Waals surface area contributed by atoms with Crippen LogP contribution in [0.3, 0.4) is 0 Å². The highest BCUT2D eigenvalue weighted by Crippen LogP contribution is 2.24. The van der Waals surface area contributed by atoms with Gasteiger partial charge in [-0.2, -0.15) is 0 Å². The predicted octanol–water partition coefficient (Wildman–Crippen LogP) is 2.63. The summed E-state index contributed by atoms with van der Waals surface area (Å²) in [5.74, 6) is -0.244. The first-order chi connectivity index (χ1) is 11.5. The van der Waals surface area contributed by atoms with Gasteiger partial charge in [-0.1, -0.05) is 0 Å². The van der Waals surface area contributed by atoms with Crippen LogP contribution in [0.5, 0.6) is 0 Å². The van der Waals surface area contributed by atoms with E-state index in [0.29, 0.717) is 21.7 Å². The predicted molar refractivity (Wildman–Crippen MR) is 91.0 cm³/mol. The molecule has 0 aliphatic rings. The van der Waals surface area contributed by atoms with Gasteiger partial charge in [-0.15, -0.1) is 0 Å². The molecule has 3 aromatic heterocycles. The quantitative estimate of drug-likeness (QED) is 0.735. The Labute approximate surface area is 143 Å². The maximum Gasteiger partial charge on any atom is 0.274 e. The third-order valence-corrected chi connectivity index (χ3v) is 4.17. The normalized spacial score (nSPS) is 10.6. The number of hydrogen-bond acceptors (Lipinski definition) is 6. The average molecular weight is 340 g/mol. The minimum Gasteiger partial charge on any atom is -0.319 e. The summed E-state index contributed by atoms with van der Waals surface area (Å²) in [6, 6.07) is 5.45. The largest absolute Gasteiger partial charge is 0.319 e. The van der Waals surface area contributed by atoms with Crippen LogP contribution < -0.4 is 5.32 Å². The summed E-state index contributed by atoms with van der Waals surface area (Å²) < 4.78 is 1.72. The first-order valence-electron chi connectivity index (χ1n) is 7.26. The van der Waals surface area contributed by atoms with Gasteiger partial charge in [0.15, 0.2) is 10.3 Å². The maximum absolute atomic E-state index is 12.4. The van der Waals surface area contributed by atoms with Gasteiger partial charge in [0.1, 0.15) is 5.69 Å². The summed E-state index contributed by atoms with van der Waals surface area (Å²) in [6.45, 7) is 3.84. The Morgan fingerprint density at radius 2 is 1.96 bits per heavy atom. The molecule has 0 fully saturated rings. The minimum absolute atomic E-state index is 0.244. The van der Waals surface area contributed by atoms with Gasteiger partial charge in [0.05, 0.1) is 18.1 Å². The van der Waals surface area contributed by atoms with Gasteiger partial charge in [0, 0.05) is 24.6 Å². The standard InChI is InChI=1S/C16H16N6OS/c1-10-7-11(2)20-15(19-10)24-16-18-9-13(22(16)3)14(23)21-12-5-4-6-17-8-12/h4-9H,1-3H3,(H,21,23). The fourth-order valence-electron chi connectivity index (χ4n) is 2.15. The molecule has 0 bridgehead atoms. The third kappa shape index (κ3) is 3.60. The van der Waals surface area contributed by atoms with Crippen molar-refractivity contribution in [3.8, 4) is 0 Å². The lowest BCUT2D eigenvalue weighted by Gasteiger charge is -2.07. The van der Waals surface area contributed by atoms with Crippen molar-refractivity contribution in [3.63, 3.8) is 0 Å². The average Bonchev–Trinajstić information content (AvgIpc) is 2.88. The van der Waals surface area contributed by atoms with Crippen LogP contribution in [0.15, 0.2) is 47.1 Å². The van der Waals surface area contributed by atoms with Crippen molar-refractivity contribution < 1.29 is 4.79 Å². The monoisotopic (exact) mass is 340 g/mol. The molecule has 122 valence electrons. The summed E-state index contributed by atoms with van der Waals surface area (Å²) in [5.41, 5.74) is 2.88. The molecule has 0 spiro atoms. The first-order valence-corrected chi connectivity index (χ1v) is 8.08. The molecule has 0 saturated carbocycles. The molecular weight excluding hydrogens is 324 g/mol. The van der Waals surface area contributed by atoms with Gasteiger partial charge in [-0.05, 0) is 43.8 Å². The molecule has 0 radical (unpaired) electrons. The number of aromatic nitrogens is 5. The number of aryl methyl sites for hydroxylation is 2. The number of carbonyl (C=O) groups excluding carboxylic acids is 1. The molecule has 0 aliphatic carbocycles. The molecule has 0 atom stereocenters. The van der Waals surface area contributed by atoms with Crippen LogP contribution in [0.25, 0.3) is 0 Å². The van der Waals surface area contributed by atoms with E-state index in [1.54, 1.807) is 36.1 Å². The van der Waals surface area contributed by atoms with Crippen LogP contribution in [0, 0.1) is 13.8 Å². The molecule has 0 aliphatic heterocycles. The molecule has 3 rings (SSSR count). The van der Waals surface area contributed by atoms with E-state index in [2.05, 4.69) is 25.3 Å². The molecule has 1 amide bonds. The molecule has 7 nitrogen and oxygen atoms in total. The lowest BCUT2D eigenvalue weighted by atomic mass is 10.4. The van der Waals surface area contributed by atoms with E-state index >= 15 is 0 Å². The van der Waals surface area contributed by atoms with Crippen LogP contribution in [0.2, 0.25) is 0 Å². The van der Waals surface area contributed by atoms with Crippen molar-refractivity contribution >= 4 is 23.4 Å². The number of nitrogens with zero attached hydrogens (tertiary/aromatic N) is 5. The zero-order valence-corrected chi connectivity index (χ0v) is 14.3. The Balaban J connectivity index is 1.79. The van der Waals surface area contributed by atoms with E-state index < -0.39 is 0 Å². The molecular formula is C16H16N6OS. The number of amides is 1. The fraction of sp³-hybridized carbons (Fsp3) is 0.188. The van der Waals surface area contributed by atoms with Crippen molar-refractivity contribution in [2.45, 2.75) is 24.2 Å². The SMILES string of the molecule is Cc1cc(C)nc(Sc2ncc(C(=O)Nc3cccnc3)n2C)n1. The zero-order valence-electron chi connectivity index (χ0n) is 13.5. The number of hydrogen-bond donors (Lipinski definition) is 1. The summed E-state index contributed by atoms with van der Waals surface area (Å²) in [7, 11) is 1.79. The van der Waals surface area contributed by atoms with E-state index in [0.717, 1.165) is 11.4 Å². The summed E-state index contributed by atoms with van der Waals surface area (Å²) in [4.78, 5) is 29.4. The van der Waals surface area contributed by atoms with Gasteiger partial charge < -0.3 is 9.88 Å². The van der Waals surface area contributed by atoms with Crippen molar-refractivity contribution in [3.05, 3.63) is 53.9 Å². The number of rotatable bonds is 4. The Morgan fingerprint density at radius 1 is 1.21 bits per heavy atom. The van der Waals surface area contributed by atoms with E-state index in [1.807, 2.05) is 19.9 Å².